The Labute approximate surface area is 190 Å². The molecular formula is C21H24ClF3N2O4S. The maximum Gasteiger partial charge on any atom is 0.416 e. The van der Waals surface area contributed by atoms with E-state index in [1.54, 1.807) is 0 Å². The van der Waals surface area contributed by atoms with Crippen LogP contribution in [0.2, 0.25) is 5.02 Å². The van der Waals surface area contributed by atoms with Crippen LogP contribution in [0, 0.1) is 5.92 Å². The predicted octanol–water partition coefficient (Wildman–Crippen LogP) is 4.95. The van der Waals surface area contributed by atoms with E-state index in [1.165, 1.54) is 12.1 Å². The fourth-order valence-electron chi connectivity index (χ4n) is 2.61. The average Bonchev–Trinajstić information content (AvgIpc) is 2.69. The van der Waals surface area contributed by atoms with Crippen LogP contribution < -0.4 is 10.0 Å². The minimum atomic E-state index is -4.62. The number of hydrogen-bond donors (Lipinski definition) is 2. The van der Waals surface area contributed by atoms with Crippen LogP contribution >= 0.6 is 11.6 Å². The molecule has 0 aliphatic rings. The van der Waals surface area contributed by atoms with E-state index in [0.717, 1.165) is 24.3 Å². The SMILES string of the molecule is CC(C)COCCCNC(=O)c1cc(S(=O)(=O)Nc2cccc(C(F)(F)F)c2)ccc1Cl. The molecule has 0 radical (unpaired) electrons. The van der Waals surface area contributed by atoms with Crippen LogP contribution in [0.25, 0.3) is 0 Å². The van der Waals surface area contributed by atoms with Gasteiger partial charge in [-0.05, 0) is 48.7 Å². The Morgan fingerprint density at radius 3 is 2.53 bits per heavy atom. The first-order valence-corrected chi connectivity index (χ1v) is 11.6. The highest BCUT2D eigenvalue weighted by Gasteiger charge is 2.30. The number of ether oxygens (including phenoxy) is 1. The molecule has 2 aromatic carbocycles. The molecule has 0 aliphatic carbocycles. The summed E-state index contributed by atoms with van der Waals surface area (Å²) in [4.78, 5) is 12.1. The third-order valence-corrected chi connectivity index (χ3v) is 5.85. The van der Waals surface area contributed by atoms with E-state index in [-0.39, 0.29) is 21.2 Å². The highest BCUT2D eigenvalue weighted by molar-refractivity contribution is 7.92. The third-order valence-electron chi connectivity index (χ3n) is 4.14. The normalized spacial score (nSPS) is 12.1. The van der Waals surface area contributed by atoms with Crippen LogP contribution in [0.1, 0.15) is 36.2 Å². The van der Waals surface area contributed by atoms with Gasteiger partial charge < -0.3 is 10.1 Å². The van der Waals surface area contributed by atoms with Gasteiger partial charge in [0, 0.05) is 25.4 Å². The molecular weight excluding hydrogens is 469 g/mol. The average molecular weight is 493 g/mol. The Balaban J connectivity index is 2.09. The topological polar surface area (TPSA) is 84.5 Å². The van der Waals surface area contributed by atoms with E-state index < -0.39 is 27.7 Å². The van der Waals surface area contributed by atoms with Crippen molar-refractivity contribution in [3.05, 3.63) is 58.6 Å². The second kappa shape index (κ2) is 11.0. The van der Waals surface area contributed by atoms with Crippen molar-refractivity contribution >= 4 is 33.2 Å². The van der Waals surface area contributed by atoms with Gasteiger partial charge in [-0.2, -0.15) is 13.2 Å². The van der Waals surface area contributed by atoms with Crippen LogP contribution in [-0.4, -0.2) is 34.1 Å². The molecule has 176 valence electrons. The summed E-state index contributed by atoms with van der Waals surface area (Å²) in [6.07, 6.45) is -4.06. The molecule has 0 aromatic heterocycles. The van der Waals surface area contributed by atoms with Gasteiger partial charge in [0.15, 0.2) is 0 Å². The van der Waals surface area contributed by atoms with Crippen molar-refractivity contribution in [1.82, 2.24) is 5.32 Å². The van der Waals surface area contributed by atoms with Gasteiger partial charge in [0.25, 0.3) is 15.9 Å². The smallest absolute Gasteiger partial charge is 0.381 e. The van der Waals surface area contributed by atoms with Crippen molar-refractivity contribution in [2.24, 2.45) is 5.92 Å². The molecule has 11 heteroatoms. The van der Waals surface area contributed by atoms with Crippen LogP contribution in [-0.2, 0) is 20.9 Å². The second-order valence-corrected chi connectivity index (χ2v) is 9.49. The maximum absolute atomic E-state index is 12.9. The lowest BCUT2D eigenvalue weighted by molar-refractivity contribution is -0.137. The largest absolute Gasteiger partial charge is 0.416 e. The Morgan fingerprint density at radius 1 is 1.16 bits per heavy atom. The lowest BCUT2D eigenvalue weighted by Crippen LogP contribution is -2.26. The fourth-order valence-corrected chi connectivity index (χ4v) is 3.89. The predicted molar refractivity (Wildman–Crippen MR) is 116 cm³/mol. The van der Waals surface area contributed by atoms with Crippen molar-refractivity contribution in [2.75, 3.05) is 24.5 Å². The number of anilines is 1. The maximum atomic E-state index is 12.9. The zero-order valence-corrected chi connectivity index (χ0v) is 19.1. The van der Waals surface area contributed by atoms with Crippen LogP contribution in [0.3, 0.4) is 0 Å². The molecule has 0 bridgehead atoms. The Bertz CT molecular complexity index is 1040. The second-order valence-electron chi connectivity index (χ2n) is 7.40. The van der Waals surface area contributed by atoms with Crippen molar-refractivity contribution in [1.29, 1.82) is 0 Å². The number of alkyl halides is 3. The molecule has 0 heterocycles. The van der Waals surface area contributed by atoms with Crippen molar-refractivity contribution in [3.63, 3.8) is 0 Å². The van der Waals surface area contributed by atoms with E-state index in [0.29, 0.717) is 38.2 Å². The van der Waals surface area contributed by atoms with Crippen molar-refractivity contribution in [2.45, 2.75) is 31.3 Å². The van der Waals surface area contributed by atoms with Crippen LogP contribution in [0.4, 0.5) is 18.9 Å². The Kier molecular flexibility index (Phi) is 8.94. The van der Waals surface area contributed by atoms with Gasteiger partial charge in [0.1, 0.15) is 0 Å². The zero-order valence-electron chi connectivity index (χ0n) is 17.5. The monoisotopic (exact) mass is 492 g/mol. The summed E-state index contributed by atoms with van der Waals surface area (Å²) in [5.41, 5.74) is -1.32. The first kappa shape index (κ1) is 26.0. The molecule has 1 amide bonds. The minimum Gasteiger partial charge on any atom is -0.381 e. The number of halogens is 4. The van der Waals surface area contributed by atoms with Gasteiger partial charge in [-0.3, -0.25) is 9.52 Å². The number of carbonyl (C=O) groups excluding carboxylic acids is 1. The van der Waals surface area contributed by atoms with E-state index in [9.17, 15) is 26.4 Å². The molecule has 0 fully saturated rings. The molecule has 32 heavy (non-hydrogen) atoms. The van der Waals surface area contributed by atoms with Gasteiger partial charge in [-0.25, -0.2) is 8.42 Å². The molecule has 0 saturated carbocycles. The molecule has 2 aromatic rings. The van der Waals surface area contributed by atoms with E-state index in [4.69, 9.17) is 16.3 Å². The summed E-state index contributed by atoms with van der Waals surface area (Å²) in [6, 6.07) is 7.27. The van der Waals surface area contributed by atoms with Crippen molar-refractivity contribution in [3.8, 4) is 0 Å². The highest BCUT2D eigenvalue weighted by atomic mass is 35.5. The quantitative estimate of drug-likeness (QED) is 0.459. The lowest BCUT2D eigenvalue weighted by Gasteiger charge is -2.13. The van der Waals surface area contributed by atoms with Gasteiger partial charge in [0.2, 0.25) is 0 Å². The summed E-state index contributed by atoms with van der Waals surface area (Å²) in [5.74, 6) is -0.174. The molecule has 6 nitrogen and oxygen atoms in total. The number of sulfonamides is 1. The standard InChI is InChI=1S/C21H24ClF3N2O4S/c1-14(2)13-31-10-4-9-26-20(28)18-12-17(7-8-19(18)22)32(29,30)27-16-6-3-5-15(11-16)21(23,24)25/h3,5-8,11-12,14,27H,4,9-10,13H2,1-2H3,(H,26,28). The Morgan fingerprint density at radius 2 is 1.88 bits per heavy atom. The van der Waals surface area contributed by atoms with Gasteiger partial charge in [0.05, 0.1) is 21.0 Å². The number of nitrogens with one attached hydrogen (secondary N) is 2. The molecule has 0 saturated heterocycles. The highest BCUT2D eigenvalue weighted by Crippen LogP contribution is 2.31. The fraction of sp³-hybridized carbons (Fsp3) is 0.381. The number of amides is 1. The zero-order chi connectivity index (χ0) is 23.9. The van der Waals surface area contributed by atoms with E-state index >= 15 is 0 Å². The number of hydrogen-bond acceptors (Lipinski definition) is 4. The minimum absolute atomic E-state index is 0.0385. The third kappa shape index (κ3) is 7.68. The summed E-state index contributed by atoms with van der Waals surface area (Å²) in [7, 11) is -4.27. The first-order valence-electron chi connectivity index (χ1n) is 9.75. The Hall–Kier alpha value is -2.30. The lowest BCUT2D eigenvalue weighted by atomic mass is 10.2. The van der Waals surface area contributed by atoms with Gasteiger partial charge in [-0.1, -0.05) is 31.5 Å². The number of carbonyl (C=O) groups is 1. The number of benzene rings is 2. The molecule has 0 aliphatic heterocycles. The van der Waals surface area contributed by atoms with Gasteiger partial charge in [-0.15, -0.1) is 0 Å². The molecule has 2 N–H and O–H groups in total. The summed E-state index contributed by atoms with van der Waals surface area (Å²) < 4.78 is 71.4. The molecule has 0 spiro atoms. The molecule has 2 rings (SSSR count). The first-order chi connectivity index (χ1) is 14.9. The van der Waals surface area contributed by atoms with Gasteiger partial charge >= 0.3 is 6.18 Å². The van der Waals surface area contributed by atoms with E-state index in [1.807, 2.05) is 13.8 Å². The van der Waals surface area contributed by atoms with Crippen molar-refractivity contribution < 1.29 is 31.1 Å². The molecule has 0 unspecified atom stereocenters. The number of rotatable bonds is 10. The van der Waals surface area contributed by atoms with Crippen LogP contribution in [0.15, 0.2) is 47.4 Å². The summed E-state index contributed by atoms with van der Waals surface area (Å²) in [5, 5.41) is 2.68. The summed E-state index contributed by atoms with van der Waals surface area (Å²) >= 11 is 6.04. The van der Waals surface area contributed by atoms with E-state index in [2.05, 4.69) is 10.0 Å². The molecule has 0 atom stereocenters. The van der Waals surface area contributed by atoms with Crippen LogP contribution in [0.5, 0.6) is 0 Å². The summed E-state index contributed by atoms with van der Waals surface area (Å²) in [6.45, 7) is 5.41.